The Kier molecular flexibility index (Phi) is 6.40. The number of hydrogen-bond donors (Lipinski definition) is 3. The molecule has 1 unspecified atom stereocenters. The molecular formula is C20H22N4O4S. The lowest BCUT2D eigenvalue weighted by Crippen LogP contribution is -2.44. The Morgan fingerprint density at radius 2 is 1.97 bits per heavy atom. The summed E-state index contributed by atoms with van der Waals surface area (Å²) < 4.78 is 0. The van der Waals surface area contributed by atoms with Crippen molar-refractivity contribution in [1.29, 1.82) is 0 Å². The topological polar surface area (TPSA) is 116 Å². The average Bonchev–Trinajstić information content (AvgIpc) is 3.13. The van der Waals surface area contributed by atoms with Gasteiger partial charge in [0.05, 0.1) is 12.0 Å². The van der Waals surface area contributed by atoms with Crippen LogP contribution in [0.4, 0.5) is 5.82 Å². The van der Waals surface area contributed by atoms with Crippen molar-refractivity contribution in [2.45, 2.75) is 19.4 Å². The minimum absolute atomic E-state index is 0.0699. The molecule has 2 aromatic heterocycles. The number of carbonyl (C=O) groups excluding carboxylic acids is 1. The van der Waals surface area contributed by atoms with Crippen LogP contribution in [0.25, 0.3) is 20.7 Å². The molecule has 2 heterocycles. The third-order valence-corrected chi connectivity index (χ3v) is 5.47. The number of rotatable bonds is 8. The van der Waals surface area contributed by atoms with E-state index < -0.39 is 24.5 Å². The van der Waals surface area contributed by atoms with E-state index in [2.05, 4.69) is 15.3 Å². The highest BCUT2D eigenvalue weighted by molar-refractivity contribution is 7.21. The van der Waals surface area contributed by atoms with E-state index in [1.165, 1.54) is 0 Å². The number of carboxylic acid groups (broad SMARTS) is 1. The van der Waals surface area contributed by atoms with E-state index in [1.54, 1.807) is 11.3 Å². The number of aliphatic hydroxyl groups excluding tert-OH is 1. The van der Waals surface area contributed by atoms with Crippen LogP contribution in [0.2, 0.25) is 0 Å². The molecule has 8 nitrogen and oxygen atoms in total. The van der Waals surface area contributed by atoms with Crippen LogP contribution in [-0.2, 0) is 9.59 Å². The van der Waals surface area contributed by atoms with E-state index in [-0.39, 0.29) is 6.42 Å². The number of nitrogens with one attached hydrogen (secondary N) is 1. The van der Waals surface area contributed by atoms with E-state index in [4.69, 9.17) is 10.2 Å². The van der Waals surface area contributed by atoms with Gasteiger partial charge < -0.3 is 20.4 Å². The number of carbonyl (C=O) groups is 2. The van der Waals surface area contributed by atoms with Crippen molar-refractivity contribution in [2.24, 2.45) is 0 Å². The van der Waals surface area contributed by atoms with Gasteiger partial charge in [-0.05, 0) is 18.6 Å². The second kappa shape index (κ2) is 8.97. The number of aliphatic hydroxyl groups is 1. The summed E-state index contributed by atoms with van der Waals surface area (Å²) in [6, 6.07) is 10.8. The molecule has 152 valence electrons. The van der Waals surface area contributed by atoms with Crippen molar-refractivity contribution in [3.63, 3.8) is 0 Å². The van der Waals surface area contributed by atoms with Gasteiger partial charge in [-0.3, -0.25) is 4.79 Å². The third kappa shape index (κ3) is 4.87. The maximum Gasteiger partial charge on any atom is 0.328 e. The molecule has 1 atom stereocenters. The van der Waals surface area contributed by atoms with Crippen molar-refractivity contribution < 1.29 is 19.8 Å². The number of fused-ring (bicyclic) bond motifs is 1. The van der Waals surface area contributed by atoms with Gasteiger partial charge >= 0.3 is 5.97 Å². The fourth-order valence-corrected chi connectivity index (χ4v) is 3.95. The zero-order valence-electron chi connectivity index (χ0n) is 16.1. The Bertz CT molecular complexity index is 1020. The largest absolute Gasteiger partial charge is 0.480 e. The zero-order valence-corrected chi connectivity index (χ0v) is 16.9. The van der Waals surface area contributed by atoms with Crippen molar-refractivity contribution in [3.8, 4) is 10.4 Å². The molecule has 0 radical (unpaired) electrons. The third-order valence-electron chi connectivity index (χ3n) is 4.39. The van der Waals surface area contributed by atoms with Gasteiger partial charge in [-0.15, -0.1) is 11.3 Å². The number of anilines is 1. The molecule has 0 bridgehead atoms. The summed E-state index contributed by atoms with van der Waals surface area (Å²) in [6.45, 7) is 1.51. The number of benzene rings is 1. The Morgan fingerprint density at radius 1 is 1.24 bits per heavy atom. The monoisotopic (exact) mass is 414 g/mol. The molecule has 1 aromatic carbocycles. The fraction of sp³-hybridized carbons (Fsp3) is 0.300. The van der Waals surface area contributed by atoms with Crippen LogP contribution in [0, 0.1) is 6.92 Å². The molecule has 0 saturated carbocycles. The Balaban J connectivity index is 1.78. The molecule has 0 aliphatic carbocycles. The van der Waals surface area contributed by atoms with Crippen molar-refractivity contribution >= 4 is 39.2 Å². The standard InChI is InChI=1S/C20H22N4O4S/c1-12-21-18(24(2)9-8-17(26)23-15(11-25)20(27)28)14-10-16(29-19(14)22-12)13-6-4-3-5-7-13/h3-7,10,15,25H,8-9,11H2,1-2H3,(H,23,26)(H,27,28). The van der Waals surface area contributed by atoms with E-state index in [1.807, 2.05) is 55.3 Å². The van der Waals surface area contributed by atoms with Gasteiger partial charge in [-0.1, -0.05) is 30.3 Å². The van der Waals surface area contributed by atoms with Gasteiger partial charge in [0.25, 0.3) is 0 Å². The summed E-state index contributed by atoms with van der Waals surface area (Å²) in [5.41, 5.74) is 1.10. The molecule has 0 fully saturated rings. The quantitative estimate of drug-likeness (QED) is 0.517. The number of amides is 1. The molecule has 0 aliphatic heterocycles. The Morgan fingerprint density at radius 3 is 2.62 bits per heavy atom. The summed E-state index contributed by atoms with van der Waals surface area (Å²) in [6.07, 6.45) is 0.0699. The highest BCUT2D eigenvalue weighted by atomic mass is 32.1. The molecule has 0 aliphatic rings. The number of aromatic nitrogens is 2. The Labute approximate surface area is 171 Å². The molecular weight excluding hydrogens is 392 g/mol. The van der Waals surface area contributed by atoms with Crippen molar-refractivity contribution in [3.05, 3.63) is 42.2 Å². The van der Waals surface area contributed by atoms with E-state index in [0.717, 1.165) is 26.5 Å². The van der Waals surface area contributed by atoms with E-state index in [9.17, 15) is 9.59 Å². The molecule has 29 heavy (non-hydrogen) atoms. The minimum atomic E-state index is -1.30. The second-order valence-corrected chi connectivity index (χ2v) is 7.63. The number of nitrogens with zero attached hydrogens (tertiary/aromatic N) is 3. The first-order chi connectivity index (χ1) is 13.9. The summed E-state index contributed by atoms with van der Waals surface area (Å²) in [5.74, 6) is -0.364. The lowest BCUT2D eigenvalue weighted by Gasteiger charge is -2.19. The lowest BCUT2D eigenvalue weighted by atomic mass is 10.2. The maximum atomic E-state index is 12.0. The van der Waals surface area contributed by atoms with Crippen LogP contribution in [0.15, 0.2) is 36.4 Å². The van der Waals surface area contributed by atoms with Crippen molar-refractivity contribution in [1.82, 2.24) is 15.3 Å². The van der Waals surface area contributed by atoms with Gasteiger partial charge in [0.2, 0.25) is 5.91 Å². The first-order valence-corrected chi connectivity index (χ1v) is 9.88. The maximum absolute atomic E-state index is 12.0. The highest BCUT2D eigenvalue weighted by Gasteiger charge is 2.20. The van der Waals surface area contributed by atoms with Crippen LogP contribution in [0.1, 0.15) is 12.2 Å². The Hall–Kier alpha value is -3.04. The number of hydrogen-bond acceptors (Lipinski definition) is 7. The number of aliphatic carboxylic acids is 1. The smallest absolute Gasteiger partial charge is 0.328 e. The summed E-state index contributed by atoms with van der Waals surface area (Å²) >= 11 is 1.58. The van der Waals surface area contributed by atoms with Crippen LogP contribution < -0.4 is 10.2 Å². The average molecular weight is 414 g/mol. The first-order valence-electron chi connectivity index (χ1n) is 9.06. The van der Waals surface area contributed by atoms with Gasteiger partial charge in [0, 0.05) is 24.9 Å². The highest BCUT2D eigenvalue weighted by Crippen LogP contribution is 2.36. The van der Waals surface area contributed by atoms with Gasteiger partial charge in [0.15, 0.2) is 0 Å². The molecule has 3 N–H and O–H groups in total. The zero-order chi connectivity index (χ0) is 21.0. The second-order valence-electron chi connectivity index (χ2n) is 6.60. The van der Waals surface area contributed by atoms with Gasteiger partial charge in [0.1, 0.15) is 22.5 Å². The van der Waals surface area contributed by atoms with Crippen LogP contribution in [-0.4, -0.2) is 58.3 Å². The van der Waals surface area contributed by atoms with Crippen LogP contribution in [0.3, 0.4) is 0 Å². The molecule has 9 heteroatoms. The molecule has 1 amide bonds. The number of thiophene rings is 1. The summed E-state index contributed by atoms with van der Waals surface area (Å²) in [7, 11) is 1.83. The molecule has 0 spiro atoms. The fourth-order valence-electron chi connectivity index (χ4n) is 2.87. The molecule has 3 rings (SSSR count). The van der Waals surface area contributed by atoms with Crippen molar-refractivity contribution in [2.75, 3.05) is 25.1 Å². The first kappa shape index (κ1) is 20.7. The van der Waals surface area contributed by atoms with Crippen LogP contribution >= 0.6 is 11.3 Å². The minimum Gasteiger partial charge on any atom is -0.480 e. The van der Waals surface area contributed by atoms with E-state index >= 15 is 0 Å². The summed E-state index contributed by atoms with van der Waals surface area (Å²) in [5, 5.41) is 21.2. The van der Waals surface area contributed by atoms with Gasteiger partial charge in [-0.2, -0.15) is 0 Å². The lowest BCUT2D eigenvalue weighted by molar-refractivity contribution is -0.142. The van der Waals surface area contributed by atoms with E-state index in [0.29, 0.717) is 12.4 Å². The predicted octanol–water partition coefficient (Wildman–Crippen LogP) is 2.05. The van der Waals surface area contributed by atoms with Gasteiger partial charge in [-0.25, -0.2) is 14.8 Å². The van der Waals surface area contributed by atoms with Crippen LogP contribution in [0.5, 0.6) is 0 Å². The number of aryl methyl sites for hydroxylation is 1. The SMILES string of the molecule is Cc1nc(N(C)CCC(=O)NC(CO)C(=O)O)c2cc(-c3ccccc3)sc2n1. The number of carboxylic acids is 1. The molecule has 3 aromatic rings. The summed E-state index contributed by atoms with van der Waals surface area (Å²) in [4.78, 5) is 35.8. The normalized spacial score (nSPS) is 12.0. The molecule has 0 saturated heterocycles. The predicted molar refractivity (Wildman–Crippen MR) is 112 cm³/mol.